The van der Waals surface area contributed by atoms with E-state index in [9.17, 15) is 12.8 Å². The predicted octanol–water partition coefficient (Wildman–Crippen LogP) is 3.23. The van der Waals surface area contributed by atoms with Crippen LogP contribution in [0.5, 0.6) is 0 Å². The molecule has 0 saturated heterocycles. The van der Waals surface area contributed by atoms with Crippen LogP contribution < -0.4 is 4.83 Å². The summed E-state index contributed by atoms with van der Waals surface area (Å²) in [5, 5.41) is 3.97. The van der Waals surface area contributed by atoms with Crippen molar-refractivity contribution >= 4 is 15.7 Å². The summed E-state index contributed by atoms with van der Waals surface area (Å²) in [6, 6.07) is 12.3. The van der Waals surface area contributed by atoms with Crippen LogP contribution in [0.1, 0.15) is 24.5 Å². The van der Waals surface area contributed by atoms with Gasteiger partial charge in [0.05, 0.1) is 10.6 Å². The van der Waals surface area contributed by atoms with Crippen LogP contribution in [-0.4, -0.2) is 14.1 Å². The van der Waals surface area contributed by atoms with E-state index < -0.39 is 10.0 Å². The van der Waals surface area contributed by atoms with Gasteiger partial charge >= 0.3 is 0 Å². The molecule has 0 radical (unpaired) electrons. The topological polar surface area (TPSA) is 58.5 Å². The highest BCUT2D eigenvalue weighted by Gasteiger charge is 2.13. The van der Waals surface area contributed by atoms with Gasteiger partial charge in [-0.2, -0.15) is 18.4 Å². The molecule has 0 aliphatic rings. The fourth-order valence-electron chi connectivity index (χ4n) is 1.88. The van der Waals surface area contributed by atoms with Crippen molar-refractivity contribution in [3.8, 4) is 0 Å². The zero-order chi connectivity index (χ0) is 16.2. The van der Waals surface area contributed by atoms with E-state index in [2.05, 4.69) is 9.93 Å². The van der Waals surface area contributed by atoms with Gasteiger partial charge in [-0.1, -0.05) is 36.8 Å². The summed E-state index contributed by atoms with van der Waals surface area (Å²) in [5.74, 6) is -0.348. The van der Waals surface area contributed by atoms with E-state index in [4.69, 9.17) is 0 Å². The average Bonchev–Trinajstić information content (AvgIpc) is 2.50. The molecular weight excluding hydrogens is 303 g/mol. The van der Waals surface area contributed by atoms with Gasteiger partial charge in [0.2, 0.25) is 0 Å². The molecule has 0 amide bonds. The monoisotopic (exact) mass is 320 g/mol. The Morgan fingerprint density at radius 2 is 1.68 bits per heavy atom. The largest absolute Gasteiger partial charge is 0.276 e. The summed E-state index contributed by atoms with van der Waals surface area (Å²) in [5.41, 5.74) is 2.19. The lowest BCUT2D eigenvalue weighted by Crippen LogP contribution is -2.20. The molecule has 6 heteroatoms. The second-order valence-electron chi connectivity index (χ2n) is 4.83. The van der Waals surface area contributed by atoms with Gasteiger partial charge in [0, 0.05) is 0 Å². The molecule has 0 heterocycles. The summed E-state index contributed by atoms with van der Waals surface area (Å²) in [6.07, 6.45) is 0.516. The lowest BCUT2D eigenvalue weighted by Gasteiger charge is -2.07. The molecule has 0 bridgehead atoms. The van der Waals surface area contributed by atoms with Gasteiger partial charge in [0.25, 0.3) is 10.0 Å². The van der Waals surface area contributed by atoms with Crippen LogP contribution in [0, 0.1) is 12.7 Å². The number of rotatable bonds is 5. The molecule has 0 aliphatic carbocycles. The second kappa shape index (κ2) is 6.70. The summed E-state index contributed by atoms with van der Waals surface area (Å²) in [6.45, 7) is 3.73. The molecule has 2 aromatic carbocycles. The van der Waals surface area contributed by atoms with E-state index >= 15 is 0 Å². The van der Waals surface area contributed by atoms with Crippen molar-refractivity contribution in [2.24, 2.45) is 5.10 Å². The molecule has 0 aliphatic heterocycles. The molecule has 0 atom stereocenters. The van der Waals surface area contributed by atoms with Crippen LogP contribution in [0.2, 0.25) is 0 Å². The van der Waals surface area contributed by atoms with Crippen molar-refractivity contribution in [3.05, 3.63) is 65.5 Å². The number of nitrogens with zero attached hydrogens (tertiary/aromatic N) is 1. The molecule has 22 heavy (non-hydrogen) atoms. The fraction of sp³-hybridized carbons (Fsp3) is 0.188. The normalized spacial score (nSPS) is 12.2. The highest BCUT2D eigenvalue weighted by molar-refractivity contribution is 7.89. The number of hydrogen-bond donors (Lipinski definition) is 1. The van der Waals surface area contributed by atoms with E-state index in [1.54, 1.807) is 24.3 Å². The first kappa shape index (κ1) is 16.2. The summed E-state index contributed by atoms with van der Waals surface area (Å²) < 4.78 is 37.3. The molecule has 2 aromatic rings. The number of hydrazone groups is 1. The Hall–Kier alpha value is -2.21. The van der Waals surface area contributed by atoms with Gasteiger partial charge in [0.15, 0.2) is 0 Å². The van der Waals surface area contributed by atoms with Crippen LogP contribution in [0.3, 0.4) is 0 Å². The molecule has 0 unspecified atom stereocenters. The number of sulfonamides is 1. The maximum Gasteiger partial charge on any atom is 0.276 e. The zero-order valence-electron chi connectivity index (χ0n) is 12.4. The Labute approximate surface area is 129 Å². The maximum atomic E-state index is 12.9. The van der Waals surface area contributed by atoms with Crippen molar-refractivity contribution < 1.29 is 12.8 Å². The molecule has 4 nitrogen and oxygen atoms in total. The number of halogens is 1. The molecule has 116 valence electrons. The van der Waals surface area contributed by atoms with Gasteiger partial charge in [-0.25, -0.2) is 4.39 Å². The van der Waals surface area contributed by atoms with E-state index in [1.807, 2.05) is 13.8 Å². The van der Waals surface area contributed by atoms with E-state index in [0.717, 1.165) is 5.56 Å². The Morgan fingerprint density at radius 3 is 2.23 bits per heavy atom. The molecule has 0 fully saturated rings. The molecule has 1 N–H and O–H groups in total. The van der Waals surface area contributed by atoms with Crippen LogP contribution in [-0.2, 0) is 10.0 Å². The van der Waals surface area contributed by atoms with Crippen molar-refractivity contribution in [1.29, 1.82) is 0 Å². The SMILES string of the molecule is CC/C(=N\NS(=O)(=O)c1ccc(C)cc1)c1ccc(F)cc1. The predicted molar refractivity (Wildman–Crippen MR) is 84.7 cm³/mol. The van der Waals surface area contributed by atoms with Crippen LogP contribution >= 0.6 is 0 Å². The smallest absolute Gasteiger partial charge is 0.207 e. The number of nitrogens with one attached hydrogen (secondary N) is 1. The van der Waals surface area contributed by atoms with Crippen molar-refractivity contribution in [2.45, 2.75) is 25.2 Å². The third kappa shape index (κ3) is 3.92. The number of aryl methyl sites for hydroxylation is 1. The van der Waals surface area contributed by atoms with Gasteiger partial charge in [0.1, 0.15) is 5.82 Å². The molecule has 2 rings (SSSR count). The number of benzene rings is 2. The van der Waals surface area contributed by atoms with Crippen LogP contribution in [0.25, 0.3) is 0 Å². The molecule has 0 saturated carbocycles. The molecule has 0 aromatic heterocycles. The Balaban J connectivity index is 2.24. The average molecular weight is 320 g/mol. The van der Waals surface area contributed by atoms with Crippen molar-refractivity contribution in [1.82, 2.24) is 4.83 Å². The standard InChI is InChI=1S/C16H17FN2O2S/c1-3-16(13-6-8-14(17)9-7-13)18-19-22(20,21)15-10-4-12(2)5-11-15/h4-11,19H,3H2,1-2H3/b18-16+. The van der Waals surface area contributed by atoms with Crippen LogP contribution in [0.15, 0.2) is 58.5 Å². The first-order valence-electron chi connectivity index (χ1n) is 6.83. The van der Waals surface area contributed by atoms with Gasteiger partial charge < -0.3 is 0 Å². The van der Waals surface area contributed by atoms with E-state index in [1.165, 1.54) is 24.3 Å². The maximum absolute atomic E-state index is 12.9. The Bertz CT molecular complexity index is 767. The van der Waals surface area contributed by atoms with Gasteiger partial charge in [-0.15, -0.1) is 0 Å². The second-order valence-corrected chi connectivity index (χ2v) is 6.49. The van der Waals surface area contributed by atoms with Crippen LogP contribution in [0.4, 0.5) is 4.39 Å². The lowest BCUT2D eigenvalue weighted by molar-refractivity contribution is 0.584. The minimum Gasteiger partial charge on any atom is -0.207 e. The summed E-state index contributed by atoms with van der Waals surface area (Å²) in [4.78, 5) is 2.37. The van der Waals surface area contributed by atoms with Gasteiger partial charge in [-0.3, -0.25) is 0 Å². The van der Waals surface area contributed by atoms with E-state index in [0.29, 0.717) is 17.7 Å². The summed E-state index contributed by atoms with van der Waals surface area (Å²) >= 11 is 0. The summed E-state index contributed by atoms with van der Waals surface area (Å²) in [7, 11) is -3.71. The lowest BCUT2D eigenvalue weighted by atomic mass is 10.1. The van der Waals surface area contributed by atoms with Crippen molar-refractivity contribution in [3.63, 3.8) is 0 Å². The molecule has 0 spiro atoms. The van der Waals surface area contributed by atoms with Gasteiger partial charge in [-0.05, 0) is 43.2 Å². The minimum atomic E-state index is -3.71. The highest BCUT2D eigenvalue weighted by atomic mass is 32.2. The molecular formula is C16H17FN2O2S. The minimum absolute atomic E-state index is 0.149. The quantitative estimate of drug-likeness (QED) is 0.679. The Kier molecular flexibility index (Phi) is 4.92. The van der Waals surface area contributed by atoms with Crippen molar-refractivity contribution in [2.75, 3.05) is 0 Å². The fourth-order valence-corrected chi connectivity index (χ4v) is 2.71. The first-order chi connectivity index (χ1) is 10.4. The first-order valence-corrected chi connectivity index (χ1v) is 8.31. The third-order valence-corrected chi connectivity index (χ3v) is 4.37. The highest BCUT2D eigenvalue weighted by Crippen LogP contribution is 2.11. The number of hydrogen-bond acceptors (Lipinski definition) is 3. The zero-order valence-corrected chi connectivity index (χ0v) is 13.2. The third-order valence-electron chi connectivity index (χ3n) is 3.14. The van der Waals surface area contributed by atoms with E-state index in [-0.39, 0.29) is 10.7 Å². The Morgan fingerprint density at radius 1 is 1.09 bits per heavy atom.